The van der Waals surface area contributed by atoms with Gasteiger partial charge in [-0.2, -0.15) is 0 Å². The monoisotopic (exact) mass is 468 g/mol. The zero-order chi connectivity index (χ0) is 24.1. The fourth-order valence-corrected chi connectivity index (χ4v) is 4.50. The smallest absolute Gasteiger partial charge is 0.407 e. The number of fused-ring (bicyclic) bond motifs is 3. The van der Waals surface area contributed by atoms with Gasteiger partial charge in [-0.1, -0.05) is 48.5 Å². The van der Waals surface area contributed by atoms with Gasteiger partial charge in [-0.3, -0.25) is 4.79 Å². The van der Waals surface area contributed by atoms with E-state index in [0.29, 0.717) is 6.54 Å². The second kappa shape index (κ2) is 10.7. The Morgan fingerprint density at radius 2 is 1.76 bits per heavy atom. The molecule has 0 aromatic heterocycles. The van der Waals surface area contributed by atoms with E-state index in [1.807, 2.05) is 24.3 Å². The van der Waals surface area contributed by atoms with E-state index in [9.17, 15) is 14.4 Å². The molecule has 0 bridgehead atoms. The topological polar surface area (TPSA) is 114 Å². The van der Waals surface area contributed by atoms with Crippen molar-refractivity contribution in [1.29, 1.82) is 0 Å². The van der Waals surface area contributed by atoms with E-state index >= 15 is 0 Å². The van der Waals surface area contributed by atoms with Crippen molar-refractivity contribution in [3.8, 4) is 11.1 Å². The summed E-state index contributed by atoms with van der Waals surface area (Å²) in [5, 5.41) is 11.8. The highest BCUT2D eigenvalue weighted by molar-refractivity contribution is 5.82. The molecule has 2 unspecified atom stereocenters. The Hall–Kier alpha value is -3.43. The summed E-state index contributed by atoms with van der Waals surface area (Å²) >= 11 is 0. The van der Waals surface area contributed by atoms with Gasteiger partial charge in [0.1, 0.15) is 12.7 Å². The number of nitrogens with zero attached hydrogens (tertiary/aromatic N) is 1. The standard InChI is InChI=1S/C25H28N2O7/c1-32-21(23(28)27-12-13-33-22(14-27)24(29)30)10-11-26-25(31)34-15-20-18-8-4-2-6-16(18)17-7-3-5-9-19(17)20/h2-9,20-22H,10-15H2,1H3,(H,26,31)(H,29,30). The minimum atomic E-state index is -1.11. The van der Waals surface area contributed by atoms with Gasteiger partial charge in [0.15, 0.2) is 6.10 Å². The van der Waals surface area contributed by atoms with Crippen LogP contribution in [-0.4, -0.2) is 80.1 Å². The van der Waals surface area contributed by atoms with Crippen LogP contribution in [0.5, 0.6) is 0 Å². The van der Waals surface area contributed by atoms with Crippen molar-refractivity contribution in [2.45, 2.75) is 24.5 Å². The van der Waals surface area contributed by atoms with E-state index in [0.717, 1.165) is 22.3 Å². The Kier molecular flexibility index (Phi) is 7.44. The summed E-state index contributed by atoms with van der Waals surface area (Å²) < 4.78 is 15.9. The normalized spacial score (nSPS) is 18.0. The lowest BCUT2D eigenvalue weighted by Crippen LogP contribution is -2.52. The van der Waals surface area contributed by atoms with Gasteiger partial charge in [-0.15, -0.1) is 0 Å². The van der Waals surface area contributed by atoms with Crippen molar-refractivity contribution >= 4 is 18.0 Å². The molecule has 0 saturated carbocycles. The highest BCUT2D eigenvalue weighted by Gasteiger charge is 2.33. The van der Waals surface area contributed by atoms with Crippen molar-refractivity contribution in [2.24, 2.45) is 0 Å². The molecule has 2 aromatic carbocycles. The molecule has 1 saturated heterocycles. The molecule has 0 radical (unpaired) electrons. The number of ether oxygens (including phenoxy) is 3. The van der Waals surface area contributed by atoms with Gasteiger partial charge in [0, 0.05) is 32.5 Å². The highest BCUT2D eigenvalue weighted by Crippen LogP contribution is 2.44. The fourth-order valence-electron chi connectivity index (χ4n) is 4.50. The lowest BCUT2D eigenvalue weighted by atomic mass is 9.98. The summed E-state index contributed by atoms with van der Waals surface area (Å²) in [6, 6.07) is 16.2. The summed E-state index contributed by atoms with van der Waals surface area (Å²) in [6.45, 7) is 0.789. The van der Waals surface area contributed by atoms with Crippen LogP contribution in [0.3, 0.4) is 0 Å². The van der Waals surface area contributed by atoms with Gasteiger partial charge in [0.25, 0.3) is 5.91 Å². The number of aliphatic carboxylic acids is 1. The molecular formula is C25H28N2O7. The van der Waals surface area contributed by atoms with Gasteiger partial charge < -0.3 is 29.5 Å². The van der Waals surface area contributed by atoms with Gasteiger partial charge in [0.2, 0.25) is 0 Å². The molecule has 2 aliphatic rings. The molecule has 1 heterocycles. The van der Waals surface area contributed by atoms with Crippen molar-refractivity contribution in [1.82, 2.24) is 10.2 Å². The molecule has 2 atom stereocenters. The fraction of sp³-hybridized carbons (Fsp3) is 0.400. The third kappa shape index (κ3) is 5.05. The Morgan fingerprint density at radius 3 is 2.38 bits per heavy atom. The van der Waals surface area contributed by atoms with Gasteiger partial charge in [-0.25, -0.2) is 9.59 Å². The summed E-state index contributed by atoms with van der Waals surface area (Å²) in [5.41, 5.74) is 4.57. The lowest BCUT2D eigenvalue weighted by molar-refractivity contribution is -0.162. The van der Waals surface area contributed by atoms with Crippen LogP contribution in [0.4, 0.5) is 4.79 Å². The number of carboxylic acids is 1. The SMILES string of the molecule is COC(CCNC(=O)OCC1c2ccccc2-c2ccccc21)C(=O)N1CCOC(C(=O)O)C1. The third-order valence-electron chi connectivity index (χ3n) is 6.23. The molecule has 9 heteroatoms. The number of alkyl carbamates (subject to hydrolysis) is 1. The Morgan fingerprint density at radius 1 is 1.12 bits per heavy atom. The Bertz CT molecular complexity index is 1010. The van der Waals surface area contributed by atoms with Crippen molar-refractivity contribution in [3.05, 3.63) is 59.7 Å². The van der Waals surface area contributed by atoms with Crippen molar-refractivity contribution in [3.63, 3.8) is 0 Å². The first-order chi connectivity index (χ1) is 16.5. The van der Waals surface area contributed by atoms with Crippen molar-refractivity contribution < 1.29 is 33.7 Å². The minimum Gasteiger partial charge on any atom is -0.479 e. The average molecular weight is 469 g/mol. The number of methoxy groups -OCH3 is 1. The first-order valence-corrected chi connectivity index (χ1v) is 11.2. The van der Waals surface area contributed by atoms with Crippen LogP contribution in [0.15, 0.2) is 48.5 Å². The van der Waals surface area contributed by atoms with E-state index in [-0.39, 0.29) is 44.5 Å². The van der Waals surface area contributed by atoms with Crippen LogP contribution in [0.2, 0.25) is 0 Å². The number of benzene rings is 2. The number of carbonyl (C=O) groups excluding carboxylic acids is 2. The zero-order valence-electron chi connectivity index (χ0n) is 18.9. The maximum atomic E-state index is 12.7. The molecule has 9 nitrogen and oxygen atoms in total. The molecule has 4 rings (SSSR count). The van der Waals surface area contributed by atoms with Crippen LogP contribution in [0.1, 0.15) is 23.5 Å². The minimum absolute atomic E-state index is 0.0325. The maximum absolute atomic E-state index is 12.7. The number of carboxylic acid groups (broad SMARTS) is 1. The van der Waals surface area contributed by atoms with Crippen LogP contribution in [-0.2, 0) is 23.8 Å². The van der Waals surface area contributed by atoms with Gasteiger partial charge in [0.05, 0.1) is 13.2 Å². The average Bonchev–Trinajstić information content (AvgIpc) is 3.19. The number of hydrogen-bond acceptors (Lipinski definition) is 6. The lowest BCUT2D eigenvalue weighted by Gasteiger charge is -2.33. The number of carbonyl (C=O) groups is 3. The molecule has 1 fully saturated rings. The Labute approximate surface area is 197 Å². The largest absolute Gasteiger partial charge is 0.479 e. The van der Waals surface area contributed by atoms with Crippen LogP contribution in [0, 0.1) is 0 Å². The van der Waals surface area contributed by atoms with Crippen LogP contribution < -0.4 is 5.32 Å². The molecule has 1 aliphatic carbocycles. The number of rotatable bonds is 8. The summed E-state index contributed by atoms with van der Waals surface area (Å²) in [6.07, 6.45) is -2.19. The summed E-state index contributed by atoms with van der Waals surface area (Å²) in [7, 11) is 1.41. The number of nitrogens with one attached hydrogen (secondary N) is 1. The van der Waals surface area contributed by atoms with Gasteiger partial charge in [-0.05, 0) is 22.3 Å². The van der Waals surface area contributed by atoms with E-state index in [1.54, 1.807) is 0 Å². The number of amides is 2. The quantitative estimate of drug-likeness (QED) is 0.611. The predicted octanol–water partition coefficient (Wildman–Crippen LogP) is 2.24. The first-order valence-electron chi connectivity index (χ1n) is 11.2. The predicted molar refractivity (Wildman–Crippen MR) is 122 cm³/mol. The second-order valence-electron chi connectivity index (χ2n) is 8.25. The molecule has 2 N–H and O–H groups in total. The molecular weight excluding hydrogens is 440 g/mol. The van der Waals surface area contributed by atoms with E-state index in [4.69, 9.17) is 19.3 Å². The molecule has 2 aromatic rings. The molecule has 1 aliphatic heterocycles. The molecule has 180 valence electrons. The van der Waals surface area contributed by atoms with E-state index in [2.05, 4.69) is 29.6 Å². The third-order valence-corrected chi connectivity index (χ3v) is 6.23. The van der Waals surface area contributed by atoms with E-state index < -0.39 is 24.3 Å². The van der Waals surface area contributed by atoms with Crippen LogP contribution >= 0.6 is 0 Å². The van der Waals surface area contributed by atoms with Crippen LogP contribution in [0.25, 0.3) is 11.1 Å². The molecule has 0 spiro atoms. The Balaban J connectivity index is 1.27. The van der Waals surface area contributed by atoms with E-state index in [1.165, 1.54) is 12.0 Å². The summed E-state index contributed by atoms with van der Waals surface area (Å²) in [4.78, 5) is 37.6. The van der Waals surface area contributed by atoms with Crippen molar-refractivity contribution in [2.75, 3.05) is 40.0 Å². The molecule has 2 amide bonds. The first kappa shape index (κ1) is 23.7. The number of hydrogen-bond donors (Lipinski definition) is 2. The molecule has 34 heavy (non-hydrogen) atoms. The summed E-state index contributed by atoms with van der Waals surface area (Å²) in [5.74, 6) is -1.47. The van der Waals surface area contributed by atoms with Gasteiger partial charge >= 0.3 is 12.1 Å². The highest BCUT2D eigenvalue weighted by atomic mass is 16.5. The zero-order valence-corrected chi connectivity index (χ0v) is 18.9. The maximum Gasteiger partial charge on any atom is 0.407 e. The second-order valence-corrected chi connectivity index (χ2v) is 8.25. The number of morpholine rings is 1.